The molecule has 0 spiro atoms. The Morgan fingerprint density at radius 3 is 2.44 bits per heavy atom. The Hall–Kier alpha value is -1.18. The molecule has 1 saturated heterocycles. The molecule has 1 aliphatic heterocycles. The first-order valence-corrected chi connectivity index (χ1v) is 10.6. The van der Waals surface area contributed by atoms with Gasteiger partial charge in [0.25, 0.3) is 0 Å². The lowest BCUT2D eigenvalue weighted by Crippen LogP contribution is -2.19. The van der Waals surface area contributed by atoms with Crippen molar-refractivity contribution in [2.24, 2.45) is 16.8 Å². The molecular formula is C19H31ClN4O2S. The van der Waals surface area contributed by atoms with Crippen LogP contribution in [0.4, 0.5) is 11.6 Å². The fraction of sp³-hybridized carbons (Fsp3) is 0.684. The third-order valence-corrected chi connectivity index (χ3v) is 5.53. The highest BCUT2D eigenvalue weighted by Gasteiger charge is 2.20. The molecule has 2 heterocycles. The number of amides is 1. The van der Waals surface area contributed by atoms with Gasteiger partial charge >= 0.3 is 0 Å². The Morgan fingerprint density at radius 1 is 1.37 bits per heavy atom. The molecule has 2 atom stereocenters. The predicted molar refractivity (Wildman–Crippen MR) is 115 cm³/mol. The van der Waals surface area contributed by atoms with Crippen LogP contribution in [0.25, 0.3) is 0 Å². The van der Waals surface area contributed by atoms with E-state index in [9.17, 15) is 4.79 Å². The lowest BCUT2D eigenvalue weighted by Gasteiger charge is -2.09. The molecule has 152 valence electrons. The monoisotopic (exact) mass is 414 g/mol. The molecular weight excluding hydrogens is 384 g/mol. The van der Waals surface area contributed by atoms with Crippen LogP contribution in [-0.2, 0) is 4.79 Å². The largest absolute Gasteiger partial charge is 0.395 e. The van der Waals surface area contributed by atoms with Gasteiger partial charge in [-0.25, -0.2) is 4.98 Å². The minimum absolute atomic E-state index is 0.138. The average Bonchev–Trinajstić information content (AvgIpc) is 3.00. The number of hydrogen-bond acceptors (Lipinski definition) is 6. The molecule has 8 heteroatoms. The molecule has 1 aromatic heterocycles. The standard InChI is InChI=1S/C13H19ClN4O.C6H12OS/c1-7(2)6-15-10-9(5)16-13(17-11(10)14)18-12(19)8(3)4;1-5-2-3-6(4-7)8-5/h6-8H,1-5H3,(H,16,17,18,19);5-7H,2-4H2,1H3. The summed E-state index contributed by atoms with van der Waals surface area (Å²) < 4.78 is 0. The van der Waals surface area contributed by atoms with Gasteiger partial charge in [-0.05, 0) is 25.7 Å². The van der Waals surface area contributed by atoms with Gasteiger partial charge < -0.3 is 5.11 Å². The van der Waals surface area contributed by atoms with Gasteiger partial charge in [0.15, 0.2) is 5.15 Å². The van der Waals surface area contributed by atoms with Crippen molar-refractivity contribution in [1.29, 1.82) is 0 Å². The van der Waals surface area contributed by atoms with E-state index in [-0.39, 0.29) is 22.9 Å². The zero-order chi connectivity index (χ0) is 20.6. The van der Waals surface area contributed by atoms with Gasteiger partial charge in [-0.15, -0.1) is 0 Å². The van der Waals surface area contributed by atoms with Gasteiger partial charge in [0, 0.05) is 22.6 Å². The van der Waals surface area contributed by atoms with Gasteiger partial charge in [-0.2, -0.15) is 16.7 Å². The highest BCUT2D eigenvalue weighted by atomic mass is 35.5. The normalized spacial score (nSPS) is 19.5. The van der Waals surface area contributed by atoms with E-state index in [1.807, 2.05) is 25.6 Å². The first-order chi connectivity index (χ1) is 12.6. The SMILES string of the molecule is CC1CCC(CO)S1.Cc1nc(NC(=O)C(C)C)nc(Cl)c1N=CC(C)C. The first-order valence-electron chi connectivity index (χ1n) is 9.29. The van der Waals surface area contributed by atoms with Crippen LogP contribution in [-0.4, -0.2) is 44.3 Å². The highest BCUT2D eigenvalue weighted by molar-refractivity contribution is 8.00. The molecule has 0 bridgehead atoms. The molecule has 0 radical (unpaired) electrons. The molecule has 0 aromatic carbocycles. The Bertz CT molecular complexity index is 630. The van der Waals surface area contributed by atoms with Crippen LogP contribution in [0.5, 0.6) is 0 Å². The summed E-state index contributed by atoms with van der Waals surface area (Å²) in [4.78, 5) is 24.1. The number of aromatic nitrogens is 2. The number of anilines is 1. The second-order valence-electron chi connectivity index (χ2n) is 7.27. The summed E-state index contributed by atoms with van der Waals surface area (Å²) in [6.07, 6.45) is 4.28. The smallest absolute Gasteiger partial charge is 0.231 e. The zero-order valence-electron chi connectivity index (χ0n) is 17.0. The number of thioether (sulfide) groups is 1. The van der Waals surface area contributed by atoms with E-state index in [0.717, 1.165) is 5.25 Å². The van der Waals surface area contributed by atoms with Gasteiger partial charge in [0.2, 0.25) is 11.9 Å². The van der Waals surface area contributed by atoms with Gasteiger partial charge in [0.1, 0.15) is 5.69 Å². The zero-order valence-corrected chi connectivity index (χ0v) is 18.6. The third kappa shape index (κ3) is 8.58. The molecule has 1 aliphatic rings. The van der Waals surface area contributed by atoms with Crippen molar-refractivity contribution in [3.05, 3.63) is 10.8 Å². The second-order valence-corrected chi connectivity index (χ2v) is 9.37. The Morgan fingerprint density at radius 2 is 2.04 bits per heavy atom. The number of rotatable bonds is 5. The molecule has 2 N–H and O–H groups in total. The van der Waals surface area contributed by atoms with E-state index in [1.165, 1.54) is 12.8 Å². The summed E-state index contributed by atoms with van der Waals surface area (Å²) in [5.74, 6) is 0.246. The molecule has 1 fully saturated rings. The average molecular weight is 415 g/mol. The summed E-state index contributed by atoms with van der Waals surface area (Å²) in [6.45, 7) is 12.0. The van der Waals surface area contributed by atoms with Crippen molar-refractivity contribution < 1.29 is 9.90 Å². The maximum atomic E-state index is 11.6. The van der Waals surface area contributed by atoms with Crippen molar-refractivity contribution >= 4 is 47.1 Å². The fourth-order valence-electron chi connectivity index (χ4n) is 2.23. The summed E-state index contributed by atoms with van der Waals surface area (Å²) in [6, 6.07) is 0. The summed E-state index contributed by atoms with van der Waals surface area (Å²) >= 11 is 7.98. The molecule has 27 heavy (non-hydrogen) atoms. The van der Waals surface area contributed by atoms with E-state index in [4.69, 9.17) is 16.7 Å². The Labute approximate surface area is 171 Å². The van der Waals surface area contributed by atoms with Crippen LogP contribution < -0.4 is 5.32 Å². The number of aliphatic imine (C=N–C) groups is 1. The van der Waals surface area contributed by atoms with Crippen LogP contribution in [0, 0.1) is 18.8 Å². The van der Waals surface area contributed by atoms with Crippen molar-refractivity contribution in [2.45, 2.75) is 64.9 Å². The van der Waals surface area contributed by atoms with Crippen molar-refractivity contribution in [1.82, 2.24) is 9.97 Å². The van der Waals surface area contributed by atoms with Crippen LogP contribution >= 0.6 is 23.4 Å². The predicted octanol–water partition coefficient (Wildman–Crippen LogP) is 4.65. The number of nitrogens with one attached hydrogen (secondary N) is 1. The molecule has 2 unspecified atom stereocenters. The van der Waals surface area contributed by atoms with Crippen molar-refractivity contribution in [3.63, 3.8) is 0 Å². The van der Waals surface area contributed by atoms with Crippen LogP contribution in [0.1, 0.15) is 53.2 Å². The number of carbonyl (C=O) groups is 1. The minimum Gasteiger partial charge on any atom is -0.395 e. The summed E-state index contributed by atoms with van der Waals surface area (Å²) in [5.41, 5.74) is 1.17. The minimum atomic E-state index is -0.145. The van der Waals surface area contributed by atoms with E-state index >= 15 is 0 Å². The number of aliphatic hydroxyl groups is 1. The lowest BCUT2D eigenvalue weighted by molar-refractivity contribution is -0.118. The maximum Gasteiger partial charge on any atom is 0.231 e. The number of hydrogen-bond donors (Lipinski definition) is 2. The molecule has 0 aliphatic carbocycles. The fourth-order valence-corrected chi connectivity index (χ4v) is 3.79. The molecule has 2 rings (SSSR count). The quantitative estimate of drug-likeness (QED) is 0.540. The maximum absolute atomic E-state index is 11.6. The molecule has 1 aromatic rings. The lowest BCUT2D eigenvalue weighted by atomic mass is 10.2. The number of aryl methyl sites for hydroxylation is 1. The Kier molecular flexibility index (Phi) is 10.3. The van der Waals surface area contributed by atoms with Crippen LogP contribution in [0.3, 0.4) is 0 Å². The third-order valence-electron chi connectivity index (χ3n) is 3.80. The number of halogens is 1. The first kappa shape index (κ1) is 23.9. The molecule has 6 nitrogen and oxygen atoms in total. The van der Waals surface area contributed by atoms with Gasteiger partial charge in [-0.3, -0.25) is 15.1 Å². The van der Waals surface area contributed by atoms with E-state index < -0.39 is 0 Å². The highest BCUT2D eigenvalue weighted by Crippen LogP contribution is 2.32. The van der Waals surface area contributed by atoms with Crippen molar-refractivity contribution in [3.8, 4) is 0 Å². The van der Waals surface area contributed by atoms with E-state index in [2.05, 4.69) is 27.2 Å². The van der Waals surface area contributed by atoms with E-state index in [1.54, 1.807) is 27.0 Å². The summed E-state index contributed by atoms with van der Waals surface area (Å²) in [7, 11) is 0. The topological polar surface area (TPSA) is 87.5 Å². The second kappa shape index (κ2) is 11.6. The molecule has 0 saturated carbocycles. The number of nitrogens with zero attached hydrogens (tertiary/aromatic N) is 3. The van der Waals surface area contributed by atoms with Gasteiger partial charge in [0.05, 0.1) is 12.3 Å². The van der Waals surface area contributed by atoms with E-state index in [0.29, 0.717) is 29.2 Å². The number of aliphatic hydroxyl groups excluding tert-OH is 1. The van der Waals surface area contributed by atoms with Crippen LogP contribution in [0.2, 0.25) is 5.15 Å². The van der Waals surface area contributed by atoms with Crippen LogP contribution in [0.15, 0.2) is 4.99 Å². The van der Waals surface area contributed by atoms with Gasteiger partial charge in [-0.1, -0.05) is 46.2 Å². The number of carbonyl (C=O) groups excluding carboxylic acids is 1. The molecule has 1 amide bonds. The summed E-state index contributed by atoms with van der Waals surface area (Å²) in [5, 5.41) is 12.9. The van der Waals surface area contributed by atoms with Crippen molar-refractivity contribution in [2.75, 3.05) is 11.9 Å². The Balaban J connectivity index is 0.000000377.